The van der Waals surface area contributed by atoms with Crippen LogP contribution >= 0.6 is 0 Å². The van der Waals surface area contributed by atoms with Crippen LogP contribution in [0.25, 0.3) is 0 Å². The van der Waals surface area contributed by atoms with Crippen LogP contribution in [0.1, 0.15) is 37.5 Å². The van der Waals surface area contributed by atoms with Crippen molar-refractivity contribution in [1.82, 2.24) is 4.90 Å². The zero-order valence-electron chi connectivity index (χ0n) is 9.19. The molecular formula is C13H19NO. The smallest absolute Gasteiger partial charge is 0.120 e. The minimum Gasteiger partial charge on any atom is -0.468 e. The molecule has 0 spiro atoms. The van der Waals surface area contributed by atoms with Crippen LogP contribution in [0.5, 0.6) is 0 Å². The van der Waals surface area contributed by atoms with E-state index in [4.69, 9.17) is 4.42 Å². The Hall–Kier alpha value is -1.02. The lowest BCUT2D eigenvalue weighted by Crippen LogP contribution is -2.28. The Morgan fingerprint density at radius 2 is 2.40 bits per heavy atom. The minimum absolute atomic E-state index is 0.459. The van der Waals surface area contributed by atoms with E-state index >= 15 is 0 Å². The highest BCUT2D eigenvalue weighted by Gasteiger charge is 2.23. The molecule has 2 heterocycles. The van der Waals surface area contributed by atoms with Crippen molar-refractivity contribution >= 4 is 0 Å². The summed E-state index contributed by atoms with van der Waals surface area (Å²) in [6, 6.07) is 4.53. The van der Waals surface area contributed by atoms with Crippen LogP contribution in [-0.2, 0) is 0 Å². The largest absolute Gasteiger partial charge is 0.468 e. The number of rotatable bonds is 3. The summed E-state index contributed by atoms with van der Waals surface area (Å²) in [6.45, 7) is 5.96. The Morgan fingerprint density at radius 1 is 1.47 bits per heavy atom. The molecule has 1 aromatic heterocycles. The Morgan fingerprint density at radius 3 is 3.13 bits per heavy atom. The van der Waals surface area contributed by atoms with E-state index in [1.807, 2.05) is 12.1 Å². The molecule has 0 saturated carbocycles. The maximum Gasteiger partial charge on any atom is 0.120 e. The van der Waals surface area contributed by atoms with Crippen molar-refractivity contribution in [2.45, 2.75) is 31.7 Å². The van der Waals surface area contributed by atoms with Gasteiger partial charge in [-0.05, 0) is 31.5 Å². The highest BCUT2D eigenvalue weighted by atomic mass is 16.3. The fourth-order valence-corrected chi connectivity index (χ4v) is 2.36. The summed E-state index contributed by atoms with van der Waals surface area (Å²) in [6.07, 6.45) is 8.91. The normalized spacial score (nSPS) is 23.6. The number of hydrogen-bond donors (Lipinski definition) is 0. The number of furan rings is 1. The molecule has 2 heteroatoms. The average molecular weight is 205 g/mol. The molecule has 0 bridgehead atoms. The van der Waals surface area contributed by atoms with Gasteiger partial charge in [0, 0.05) is 6.54 Å². The lowest BCUT2D eigenvalue weighted by atomic mass is 10.1. The average Bonchev–Trinajstić information content (AvgIpc) is 2.67. The summed E-state index contributed by atoms with van der Waals surface area (Å²) >= 11 is 0. The van der Waals surface area contributed by atoms with Crippen LogP contribution in [0.3, 0.4) is 0 Å². The van der Waals surface area contributed by atoms with Gasteiger partial charge in [0.05, 0.1) is 12.3 Å². The van der Waals surface area contributed by atoms with Gasteiger partial charge in [-0.2, -0.15) is 0 Å². The number of hydrogen-bond acceptors (Lipinski definition) is 2. The van der Waals surface area contributed by atoms with Crippen molar-refractivity contribution in [2.75, 3.05) is 13.1 Å². The zero-order valence-corrected chi connectivity index (χ0v) is 9.19. The first-order valence-electron chi connectivity index (χ1n) is 5.80. The third-order valence-corrected chi connectivity index (χ3v) is 3.10. The lowest BCUT2D eigenvalue weighted by molar-refractivity contribution is 0.197. The molecule has 1 aliphatic rings. The van der Waals surface area contributed by atoms with Gasteiger partial charge in [0.25, 0.3) is 0 Å². The third-order valence-electron chi connectivity index (χ3n) is 3.10. The molecule has 2 nitrogen and oxygen atoms in total. The van der Waals surface area contributed by atoms with Crippen LogP contribution < -0.4 is 0 Å². The van der Waals surface area contributed by atoms with Crippen LogP contribution in [0, 0.1) is 0 Å². The summed E-state index contributed by atoms with van der Waals surface area (Å²) in [5.41, 5.74) is 0. The monoisotopic (exact) mass is 205 g/mol. The van der Waals surface area contributed by atoms with E-state index in [9.17, 15) is 0 Å². The third kappa shape index (κ3) is 2.51. The van der Waals surface area contributed by atoms with Crippen LogP contribution in [-0.4, -0.2) is 18.0 Å². The Bertz CT molecular complexity index is 291. The summed E-state index contributed by atoms with van der Waals surface area (Å²) < 4.78 is 5.53. The highest BCUT2D eigenvalue weighted by Crippen LogP contribution is 2.29. The molecule has 0 aromatic carbocycles. The second-order valence-corrected chi connectivity index (χ2v) is 4.16. The van der Waals surface area contributed by atoms with Crippen molar-refractivity contribution in [2.24, 2.45) is 0 Å². The Balaban J connectivity index is 2.12. The standard InChI is InChI=1S/C13H19NO/c1-2-9-14-10-5-3-4-7-12(14)13-8-6-11-15-13/h2,6,8,11-12H,1,3-5,7,9-10H2. The van der Waals surface area contributed by atoms with Gasteiger partial charge in [0.1, 0.15) is 5.76 Å². The number of likely N-dealkylation sites (tertiary alicyclic amines) is 1. The molecule has 0 N–H and O–H groups in total. The zero-order chi connectivity index (χ0) is 10.5. The molecule has 1 aliphatic heterocycles. The van der Waals surface area contributed by atoms with Crippen LogP contribution in [0.4, 0.5) is 0 Å². The van der Waals surface area contributed by atoms with E-state index in [-0.39, 0.29) is 0 Å². The van der Waals surface area contributed by atoms with E-state index in [0.29, 0.717) is 6.04 Å². The molecule has 0 amide bonds. The molecular weight excluding hydrogens is 186 g/mol. The predicted octanol–water partition coefficient (Wildman–Crippen LogP) is 3.38. The van der Waals surface area contributed by atoms with E-state index in [0.717, 1.165) is 18.8 Å². The number of nitrogens with zero attached hydrogens (tertiary/aromatic N) is 1. The predicted molar refractivity (Wildman–Crippen MR) is 61.7 cm³/mol. The van der Waals surface area contributed by atoms with Crippen molar-refractivity contribution in [3.63, 3.8) is 0 Å². The second kappa shape index (κ2) is 5.17. The van der Waals surface area contributed by atoms with Gasteiger partial charge in [-0.3, -0.25) is 4.90 Å². The first-order chi connectivity index (χ1) is 7.42. The lowest BCUT2D eigenvalue weighted by Gasteiger charge is -2.26. The quantitative estimate of drug-likeness (QED) is 0.703. The van der Waals surface area contributed by atoms with Gasteiger partial charge in [0.15, 0.2) is 0 Å². The molecule has 1 aromatic rings. The van der Waals surface area contributed by atoms with E-state index in [1.165, 1.54) is 25.7 Å². The van der Waals surface area contributed by atoms with Gasteiger partial charge in [-0.1, -0.05) is 18.9 Å². The van der Waals surface area contributed by atoms with E-state index in [1.54, 1.807) is 6.26 Å². The summed E-state index contributed by atoms with van der Waals surface area (Å²) in [5, 5.41) is 0. The molecule has 1 atom stereocenters. The summed E-state index contributed by atoms with van der Waals surface area (Å²) in [5.74, 6) is 1.11. The molecule has 15 heavy (non-hydrogen) atoms. The molecule has 1 saturated heterocycles. The van der Waals surface area contributed by atoms with Gasteiger partial charge in [0.2, 0.25) is 0 Å². The van der Waals surface area contributed by atoms with Crippen LogP contribution in [0.2, 0.25) is 0 Å². The van der Waals surface area contributed by atoms with Gasteiger partial charge in [-0.15, -0.1) is 6.58 Å². The van der Waals surface area contributed by atoms with Gasteiger partial charge in [-0.25, -0.2) is 0 Å². The maximum atomic E-state index is 5.53. The Kier molecular flexibility index (Phi) is 3.62. The summed E-state index contributed by atoms with van der Waals surface area (Å²) in [4.78, 5) is 2.47. The van der Waals surface area contributed by atoms with E-state index < -0.39 is 0 Å². The fourth-order valence-electron chi connectivity index (χ4n) is 2.36. The Labute approximate surface area is 91.6 Å². The first kappa shape index (κ1) is 10.5. The fraction of sp³-hybridized carbons (Fsp3) is 0.538. The molecule has 1 fully saturated rings. The molecule has 0 aliphatic carbocycles. The highest BCUT2D eigenvalue weighted by molar-refractivity contribution is 5.05. The topological polar surface area (TPSA) is 16.4 Å². The summed E-state index contributed by atoms with van der Waals surface area (Å²) in [7, 11) is 0. The van der Waals surface area contributed by atoms with E-state index in [2.05, 4.69) is 17.5 Å². The maximum absolute atomic E-state index is 5.53. The van der Waals surface area contributed by atoms with Crippen LogP contribution in [0.15, 0.2) is 35.5 Å². The van der Waals surface area contributed by atoms with Crippen molar-refractivity contribution < 1.29 is 4.42 Å². The molecule has 2 rings (SSSR count). The van der Waals surface area contributed by atoms with Gasteiger partial charge >= 0.3 is 0 Å². The minimum atomic E-state index is 0.459. The molecule has 82 valence electrons. The van der Waals surface area contributed by atoms with Crippen molar-refractivity contribution in [3.05, 3.63) is 36.8 Å². The molecule has 0 radical (unpaired) electrons. The van der Waals surface area contributed by atoms with Crippen molar-refractivity contribution in [1.29, 1.82) is 0 Å². The first-order valence-corrected chi connectivity index (χ1v) is 5.80. The van der Waals surface area contributed by atoms with Crippen molar-refractivity contribution in [3.8, 4) is 0 Å². The SMILES string of the molecule is C=CCN1CCCCCC1c1ccco1. The second-order valence-electron chi connectivity index (χ2n) is 4.16. The van der Waals surface area contributed by atoms with Gasteiger partial charge < -0.3 is 4.42 Å². The molecule has 1 unspecified atom stereocenters.